The van der Waals surface area contributed by atoms with E-state index in [-0.39, 0.29) is 24.0 Å². The van der Waals surface area contributed by atoms with Gasteiger partial charge < -0.3 is 19.1 Å². The van der Waals surface area contributed by atoms with Crippen LogP contribution in [0.1, 0.15) is 105 Å². The fourth-order valence-corrected chi connectivity index (χ4v) is 4.03. The Labute approximate surface area is 208 Å². The maximum Gasteiger partial charge on any atom is 0.311 e. The van der Waals surface area contributed by atoms with Crippen molar-refractivity contribution in [3.8, 4) is 0 Å². The van der Waals surface area contributed by atoms with Crippen molar-refractivity contribution in [1.82, 2.24) is 4.90 Å². The lowest BCUT2D eigenvalue weighted by Gasteiger charge is -2.22. The lowest BCUT2D eigenvalue weighted by molar-refractivity contribution is -0.151. The fraction of sp³-hybridized carbons (Fsp3) is 0.889. The molecule has 200 valence electrons. The number of rotatable bonds is 19. The van der Waals surface area contributed by atoms with E-state index in [4.69, 9.17) is 14.2 Å². The fourth-order valence-electron chi connectivity index (χ4n) is 4.03. The summed E-state index contributed by atoms with van der Waals surface area (Å²) >= 11 is 0. The highest BCUT2D eigenvalue weighted by Gasteiger charge is 2.28. The average Bonchev–Trinajstić information content (AvgIpc) is 2.76. The zero-order valence-electron chi connectivity index (χ0n) is 23.2. The molecule has 0 fully saturated rings. The van der Waals surface area contributed by atoms with Crippen molar-refractivity contribution in [1.29, 1.82) is 0 Å². The van der Waals surface area contributed by atoms with E-state index < -0.39 is 10.8 Å². The molecule has 0 aliphatic heterocycles. The first kappa shape index (κ1) is 32.4. The average molecular weight is 486 g/mol. The van der Waals surface area contributed by atoms with Crippen molar-refractivity contribution in [2.45, 2.75) is 111 Å². The molecule has 7 heteroatoms. The van der Waals surface area contributed by atoms with E-state index in [1.807, 2.05) is 41.8 Å². The molecule has 0 unspecified atom stereocenters. The van der Waals surface area contributed by atoms with Crippen molar-refractivity contribution < 1.29 is 28.6 Å². The molecule has 0 aromatic carbocycles. The summed E-state index contributed by atoms with van der Waals surface area (Å²) in [6.07, 6.45) is 10.2. The normalized spacial score (nSPS) is 12.2. The van der Waals surface area contributed by atoms with Crippen LogP contribution in [-0.2, 0) is 28.6 Å². The van der Waals surface area contributed by atoms with Gasteiger partial charge in [-0.1, -0.05) is 25.7 Å². The predicted octanol–water partition coefficient (Wildman–Crippen LogP) is 5.54. The third kappa shape index (κ3) is 14.6. The minimum atomic E-state index is -0.467. The van der Waals surface area contributed by atoms with Gasteiger partial charge in [-0.3, -0.25) is 14.4 Å². The molecule has 7 nitrogen and oxygen atoms in total. The SMILES string of the molecule is COC(=O)C(C)(C)CCCCCC(CCCCCC(C)(C)C(=O)OC)OC(=O)CCCN(C)C. The summed E-state index contributed by atoms with van der Waals surface area (Å²) in [4.78, 5) is 38.1. The maximum atomic E-state index is 12.3. The summed E-state index contributed by atoms with van der Waals surface area (Å²) in [7, 11) is 6.85. The molecule has 0 saturated heterocycles. The summed E-state index contributed by atoms with van der Waals surface area (Å²) in [6, 6.07) is 0. The number of carbonyl (C=O) groups is 3. The molecule has 0 aliphatic rings. The lowest BCUT2D eigenvalue weighted by atomic mass is 9.86. The van der Waals surface area contributed by atoms with Gasteiger partial charge in [-0.2, -0.15) is 0 Å². The predicted molar refractivity (Wildman–Crippen MR) is 135 cm³/mol. The molecule has 0 heterocycles. The standard InChI is InChI=1S/C27H51NO6/c1-26(2,24(30)32-7)19-13-9-11-16-22(34-23(29)18-15-21-28(5)6)17-12-10-14-20-27(3,4)25(31)33-8/h22H,9-21H2,1-8H3. The van der Waals surface area contributed by atoms with Crippen LogP contribution in [0.3, 0.4) is 0 Å². The monoisotopic (exact) mass is 485 g/mol. The van der Waals surface area contributed by atoms with E-state index in [2.05, 4.69) is 4.90 Å². The number of esters is 3. The van der Waals surface area contributed by atoms with Gasteiger partial charge in [0.25, 0.3) is 0 Å². The summed E-state index contributed by atoms with van der Waals surface area (Å²) in [5.74, 6) is -0.467. The van der Waals surface area contributed by atoms with Crippen LogP contribution >= 0.6 is 0 Å². The van der Waals surface area contributed by atoms with Crippen LogP contribution in [0.4, 0.5) is 0 Å². The Morgan fingerprint density at radius 1 is 0.706 bits per heavy atom. The van der Waals surface area contributed by atoms with Gasteiger partial charge in [-0.05, 0) is 93.3 Å². The topological polar surface area (TPSA) is 82.1 Å². The third-order valence-electron chi connectivity index (χ3n) is 6.42. The summed E-state index contributed by atoms with van der Waals surface area (Å²) in [5.41, 5.74) is -0.934. The van der Waals surface area contributed by atoms with Crippen LogP contribution in [0, 0.1) is 10.8 Å². The molecule has 0 aliphatic carbocycles. The van der Waals surface area contributed by atoms with Gasteiger partial charge in [0.05, 0.1) is 25.0 Å². The zero-order chi connectivity index (χ0) is 26.2. The van der Waals surface area contributed by atoms with E-state index in [1.165, 1.54) is 14.2 Å². The molecule has 0 N–H and O–H groups in total. The summed E-state index contributed by atoms with van der Waals surface area (Å²) in [6.45, 7) is 8.53. The highest BCUT2D eigenvalue weighted by atomic mass is 16.5. The number of hydrogen-bond donors (Lipinski definition) is 0. The van der Waals surface area contributed by atoms with Crippen LogP contribution in [0.2, 0.25) is 0 Å². The quantitative estimate of drug-likeness (QED) is 0.135. The Balaban J connectivity index is 4.53. The number of carbonyl (C=O) groups excluding carboxylic acids is 3. The van der Waals surface area contributed by atoms with Crippen molar-refractivity contribution >= 4 is 17.9 Å². The summed E-state index contributed by atoms with van der Waals surface area (Å²) < 4.78 is 15.6. The van der Waals surface area contributed by atoms with E-state index >= 15 is 0 Å². The molecular formula is C27H51NO6. The molecule has 0 atom stereocenters. The Kier molecular flexibility index (Phi) is 16.1. The first-order chi connectivity index (χ1) is 15.9. The Morgan fingerprint density at radius 2 is 1.15 bits per heavy atom. The minimum absolute atomic E-state index is 0.0749. The van der Waals surface area contributed by atoms with Gasteiger partial charge in [-0.15, -0.1) is 0 Å². The highest BCUT2D eigenvalue weighted by Crippen LogP contribution is 2.27. The van der Waals surface area contributed by atoms with Crippen LogP contribution in [0.25, 0.3) is 0 Å². The van der Waals surface area contributed by atoms with Crippen molar-refractivity contribution in [2.24, 2.45) is 10.8 Å². The molecule has 0 spiro atoms. The molecule has 0 aromatic rings. The van der Waals surface area contributed by atoms with Crippen LogP contribution in [0.5, 0.6) is 0 Å². The first-order valence-corrected chi connectivity index (χ1v) is 12.9. The largest absolute Gasteiger partial charge is 0.469 e. The lowest BCUT2D eigenvalue weighted by Crippen LogP contribution is -2.25. The molecule has 0 aromatic heterocycles. The van der Waals surface area contributed by atoms with E-state index in [0.717, 1.165) is 77.2 Å². The number of nitrogens with zero attached hydrogens (tertiary/aromatic N) is 1. The smallest absolute Gasteiger partial charge is 0.311 e. The number of methoxy groups -OCH3 is 2. The first-order valence-electron chi connectivity index (χ1n) is 12.9. The number of hydrogen-bond acceptors (Lipinski definition) is 7. The van der Waals surface area contributed by atoms with Gasteiger partial charge in [0.15, 0.2) is 0 Å². The van der Waals surface area contributed by atoms with Crippen molar-refractivity contribution in [3.63, 3.8) is 0 Å². The number of unbranched alkanes of at least 4 members (excludes halogenated alkanes) is 4. The zero-order valence-corrected chi connectivity index (χ0v) is 23.2. The van der Waals surface area contributed by atoms with Crippen LogP contribution in [0.15, 0.2) is 0 Å². The van der Waals surface area contributed by atoms with Crippen molar-refractivity contribution in [3.05, 3.63) is 0 Å². The Bertz CT molecular complexity index is 562. The molecule has 0 rings (SSSR count). The van der Waals surface area contributed by atoms with Crippen molar-refractivity contribution in [2.75, 3.05) is 34.9 Å². The molecule has 34 heavy (non-hydrogen) atoms. The van der Waals surface area contributed by atoms with Gasteiger partial charge in [-0.25, -0.2) is 0 Å². The van der Waals surface area contributed by atoms with E-state index in [0.29, 0.717) is 6.42 Å². The highest BCUT2D eigenvalue weighted by molar-refractivity contribution is 5.76. The molecule has 0 saturated carbocycles. The molecule has 0 radical (unpaired) electrons. The second-order valence-corrected chi connectivity index (χ2v) is 11.0. The van der Waals surface area contributed by atoms with Crippen LogP contribution < -0.4 is 0 Å². The minimum Gasteiger partial charge on any atom is -0.469 e. The Hall–Kier alpha value is -1.63. The van der Waals surface area contributed by atoms with Gasteiger partial charge in [0.1, 0.15) is 6.10 Å². The molecule has 0 bridgehead atoms. The molecular weight excluding hydrogens is 434 g/mol. The van der Waals surface area contributed by atoms with E-state index in [9.17, 15) is 14.4 Å². The second-order valence-electron chi connectivity index (χ2n) is 11.0. The second kappa shape index (κ2) is 16.9. The Morgan fingerprint density at radius 3 is 1.53 bits per heavy atom. The van der Waals surface area contributed by atoms with E-state index in [1.54, 1.807) is 0 Å². The molecule has 0 amide bonds. The maximum absolute atomic E-state index is 12.3. The summed E-state index contributed by atoms with van der Waals surface area (Å²) in [5, 5.41) is 0. The third-order valence-corrected chi connectivity index (χ3v) is 6.42. The number of ether oxygens (including phenoxy) is 3. The van der Waals surface area contributed by atoms with Gasteiger partial charge in [0, 0.05) is 6.42 Å². The van der Waals surface area contributed by atoms with Gasteiger partial charge in [0.2, 0.25) is 0 Å². The van der Waals surface area contributed by atoms with Gasteiger partial charge >= 0.3 is 17.9 Å². The van der Waals surface area contributed by atoms with Crippen LogP contribution in [-0.4, -0.2) is 63.8 Å².